The van der Waals surface area contributed by atoms with Crippen LogP contribution in [0.2, 0.25) is 0 Å². The zero-order valence-corrected chi connectivity index (χ0v) is 22.4. The highest BCUT2D eigenvalue weighted by Gasteiger charge is 2.22. The molecular weight excluding hydrogens is 454 g/mol. The van der Waals surface area contributed by atoms with Gasteiger partial charge in [-0.05, 0) is 70.9 Å². The number of pyridine rings is 1. The van der Waals surface area contributed by atoms with Crippen LogP contribution in [0.4, 0.5) is 0 Å². The Hall–Kier alpha value is -2.56. The first-order chi connectivity index (χ1) is 16.2. The summed E-state index contributed by atoms with van der Waals surface area (Å²) in [6.45, 7) is 17.5. The highest BCUT2D eigenvalue weighted by atomic mass is 32.2. The van der Waals surface area contributed by atoms with Crippen LogP contribution in [0.5, 0.6) is 0 Å². The normalized spacial score (nSPS) is 12.4. The van der Waals surface area contributed by atoms with Gasteiger partial charge in [0.15, 0.2) is 5.58 Å². The van der Waals surface area contributed by atoms with Crippen molar-refractivity contribution in [1.29, 1.82) is 0 Å². The van der Waals surface area contributed by atoms with Crippen LogP contribution < -0.4 is 0 Å². The smallest absolute Gasteiger partial charge is 0.153 e. The fourth-order valence-corrected chi connectivity index (χ4v) is 7.07. The number of aromatic nitrogens is 1. The lowest BCUT2D eigenvalue weighted by Crippen LogP contribution is -2.12. The summed E-state index contributed by atoms with van der Waals surface area (Å²) in [4.78, 5) is 7.56. The topological polar surface area (TPSA) is 26.0 Å². The minimum absolute atomic E-state index is 0.0151. The number of hydrogen-bond donors (Lipinski definition) is 0. The van der Waals surface area contributed by atoms with E-state index in [9.17, 15) is 0 Å². The molecule has 3 heterocycles. The molecule has 0 atom stereocenters. The second-order valence-corrected chi connectivity index (χ2v) is 12.6. The van der Waals surface area contributed by atoms with E-state index in [2.05, 4.69) is 78.5 Å². The minimum Gasteiger partial charge on any atom is -0.454 e. The van der Waals surface area contributed by atoms with Crippen LogP contribution >= 0.6 is 23.1 Å². The zero-order valence-electron chi connectivity index (χ0n) is 20.8. The second kappa shape index (κ2) is 8.58. The largest absolute Gasteiger partial charge is 0.454 e. The van der Waals surface area contributed by atoms with Gasteiger partial charge in [0, 0.05) is 26.9 Å². The van der Waals surface area contributed by atoms with Gasteiger partial charge in [-0.15, -0.1) is 11.3 Å². The molecule has 0 unspecified atom stereocenters. The Morgan fingerprint density at radius 3 is 2.59 bits per heavy atom. The first kappa shape index (κ1) is 23.2. The molecule has 5 aromatic rings. The summed E-state index contributed by atoms with van der Waals surface area (Å²) in [7, 11) is 0. The number of hydrogen-bond acceptors (Lipinski definition) is 4. The molecule has 0 aliphatic heterocycles. The number of fused-ring (bicyclic) bond motifs is 5. The van der Waals surface area contributed by atoms with Crippen molar-refractivity contribution < 1.29 is 4.42 Å². The fraction of sp³-hybridized carbons (Fsp3) is 0.300. The number of nitrogens with zero attached hydrogens (tertiary/aromatic N) is 1. The summed E-state index contributed by atoms with van der Waals surface area (Å²) in [5.74, 6) is 0.632. The van der Waals surface area contributed by atoms with Gasteiger partial charge in [0.2, 0.25) is 0 Å². The summed E-state index contributed by atoms with van der Waals surface area (Å²) in [6.07, 6.45) is 2.97. The molecule has 0 bridgehead atoms. The number of thiophene rings is 1. The van der Waals surface area contributed by atoms with Crippen LogP contribution in [-0.2, 0) is 11.8 Å². The van der Waals surface area contributed by atoms with E-state index in [-0.39, 0.29) is 5.41 Å². The molecule has 34 heavy (non-hydrogen) atoms. The molecule has 0 fully saturated rings. The molecule has 174 valence electrons. The number of furan rings is 1. The van der Waals surface area contributed by atoms with E-state index >= 15 is 0 Å². The van der Waals surface area contributed by atoms with Gasteiger partial charge in [0.05, 0.1) is 15.8 Å². The SMILES string of the molecule is C=CSc1ccc(-c2nccc3oc4c(ccc5c(C)c(CC(C)C)sc54)c23)cc1C(C)(C)C. The van der Waals surface area contributed by atoms with Crippen molar-refractivity contribution in [3.8, 4) is 11.3 Å². The Morgan fingerprint density at radius 2 is 1.88 bits per heavy atom. The predicted octanol–water partition coefficient (Wildman–Crippen LogP) is 9.90. The quantitative estimate of drug-likeness (QED) is 0.232. The molecule has 0 N–H and O–H groups in total. The molecule has 0 aliphatic carbocycles. The Morgan fingerprint density at radius 1 is 1.12 bits per heavy atom. The minimum atomic E-state index is 0.0151. The molecule has 2 aromatic carbocycles. The first-order valence-electron chi connectivity index (χ1n) is 11.8. The number of thioether (sulfide) groups is 1. The van der Waals surface area contributed by atoms with Crippen LogP contribution in [0.1, 0.15) is 50.6 Å². The van der Waals surface area contributed by atoms with Crippen molar-refractivity contribution in [1.82, 2.24) is 4.98 Å². The van der Waals surface area contributed by atoms with Crippen molar-refractivity contribution in [2.24, 2.45) is 5.92 Å². The molecule has 5 rings (SSSR count). The molecule has 0 saturated heterocycles. The van der Waals surface area contributed by atoms with Gasteiger partial charge in [-0.3, -0.25) is 4.98 Å². The lowest BCUT2D eigenvalue weighted by atomic mass is 9.85. The maximum absolute atomic E-state index is 6.51. The van der Waals surface area contributed by atoms with Gasteiger partial charge in [0.25, 0.3) is 0 Å². The molecule has 4 heteroatoms. The maximum Gasteiger partial charge on any atom is 0.153 e. The van der Waals surface area contributed by atoms with Gasteiger partial charge in [-0.1, -0.05) is 65.1 Å². The Labute approximate surface area is 210 Å². The zero-order chi connectivity index (χ0) is 24.2. The van der Waals surface area contributed by atoms with Crippen molar-refractivity contribution in [3.05, 3.63) is 70.6 Å². The van der Waals surface area contributed by atoms with Crippen LogP contribution in [-0.4, -0.2) is 4.98 Å². The third-order valence-corrected chi connectivity index (χ3v) is 8.52. The van der Waals surface area contributed by atoms with Crippen LogP contribution in [0.15, 0.2) is 63.9 Å². The van der Waals surface area contributed by atoms with E-state index in [4.69, 9.17) is 9.40 Å². The van der Waals surface area contributed by atoms with Gasteiger partial charge in [0.1, 0.15) is 5.58 Å². The predicted molar refractivity (Wildman–Crippen MR) is 150 cm³/mol. The van der Waals surface area contributed by atoms with Gasteiger partial charge in [-0.25, -0.2) is 0 Å². The number of aryl methyl sites for hydroxylation is 1. The molecule has 0 radical (unpaired) electrons. The highest BCUT2D eigenvalue weighted by molar-refractivity contribution is 8.02. The summed E-state index contributed by atoms with van der Waals surface area (Å²) >= 11 is 3.56. The second-order valence-electron chi connectivity index (χ2n) is 10.4. The lowest BCUT2D eigenvalue weighted by Gasteiger charge is -2.23. The third-order valence-electron chi connectivity index (χ3n) is 6.42. The van der Waals surface area contributed by atoms with E-state index in [0.29, 0.717) is 5.92 Å². The highest BCUT2D eigenvalue weighted by Crippen LogP contribution is 2.44. The molecule has 0 aliphatic rings. The third kappa shape index (κ3) is 3.87. The van der Waals surface area contributed by atoms with Crippen molar-refractivity contribution >= 4 is 55.1 Å². The van der Waals surface area contributed by atoms with E-state index < -0.39 is 0 Å². The van der Waals surface area contributed by atoms with E-state index in [1.54, 1.807) is 11.8 Å². The summed E-state index contributed by atoms with van der Waals surface area (Å²) in [5.41, 5.74) is 6.68. The Kier molecular flexibility index (Phi) is 5.86. The van der Waals surface area contributed by atoms with E-state index in [1.807, 2.05) is 29.0 Å². The van der Waals surface area contributed by atoms with Crippen LogP contribution in [0.25, 0.3) is 43.3 Å². The van der Waals surface area contributed by atoms with Crippen molar-refractivity contribution in [2.75, 3.05) is 0 Å². The Bertz CT molecular complexity index is 1550. The molecule has 0 saturated carbocycles. The molecular formula is C30H31NOS2. The average molecular weight is 486 g/mol. The monoisotopic (exact) mass is 485 g/mol. The van der Waals surface area contributed by atoms with Crippen LogP contribution in [0.3, 0.4) is 0 Å². The summed E-state index contributed by atoms with van der Waals surface area (Å²) in [5, 5.41) is 5.45. The maximum atomic E-state index is 6.51. The summed E-state index contributed by atoms with van der Waals surface area (Å²) < 4.78 is 7.76. The lowest BCUT2D eigenvalue weighted by molar-refractivity contribution is 0.578. The first-order valence-corrected chi connectivity index (χ1v) is 13.5. The van der Waals surface area contributed by atoms with Crippen molar-refractivity contribution in [3.63, 3.8) is 0 Å². The van der Waals surface area contributed by atoms with Gasteiger partial charge >= 0.3 is 0 Å². The number of rotatable bonds is 5. The fourth-order valence-electron chi connectivity index (χ4n) is 4.75. The molecule has 2 nitrogen and oxygen atoms in total. The van der Waals surface area contributed by atoms with Crippen LogP contribution in [0, 0.1) is 12.8 Å². The standard InChI is InChI=1S/C30H31NOS2/c1-8-33-24-12-9-19(16-22(24)30(5,6)7)27-26-21-11-10-20-18(4)25(15-17(2)3)34-29(20)28(21)32-23(26)13-14-31-27/h8-14,16-17H,1,15H2,2-7H3. The Balaban J connectivity index is 1.77. The van der Waals surface area contributed by atoms with Crippen molar-refractivity contribution in [2.45, 2.75) is 58.3 Å². The molecule has 0 amide bonds. The average Bonchev–Trinajstić information content (AvgIpc) is 3.31. The van der Waals surface area contributed by atoms with Gasteiger partial charge in [-0.2, -0.15) is 0 Å². The molecule has 3 aromatic heterocycles. The van der Waals surface area contributed by atoms with E-state index in [1.165, 1.54) is 31.0 Å². The van der Waals surface area contributed by atoms with E-state index in [0.717, 1.165) is 39.6 Å². The summed E-state index contributed by atoms with van der Waals surface area (Å²) in [6, 6.07) is 13.2. The molecule has 0 spiro atoms. The van der Waals surface area contributed by atoms with Gasteiger partial charge < -0.3 is 4.42 Å². The number of benzene rings is 2.